The Morgan fingerprint density at radius 2 is 1.57 bits per heavy atom. The average Bonchev–Trinajstić information content (AvgIpc) is 4.24. The number of nitrogens with two attached hydrogens (primary N) is 1. The molecule has 0 bridgehead atoms. The van der Waals surface area contributed by atoms with Crippen molar-refractivity contribution in [2.45, 2.75) is 61.5 Å². The molecule has 6 amide bonds. The zero-order valence-corrected chi connectivity index (χ0v) is 39.8. The summed E-state index contributed by atoms with van der Waals surface area (Å²) in [6.07, 6.45) is 0.346. The van der Waals surface area contributed by atoms with Gasteiger partial charge in [0, 0.05) is 65.4 Å². The normalized spacial score (nSPS) is 25.5. The summed E-state index contributed by atoms with van der Waals surface area (Å²) in [4.78, 5) is 130. The summed E-state index contributed by atoms with van der Waals surface area (Å²) in [5, 5.41) is 41.7. The maximum atomic E-state index is 13.6. The fourth-order valence-electron chi connectivity index (χ4n) is 8.78. The third-order valence-electron chi connectivity index (χ3n) is 12.2. The first kappa shape index (κ1) is 47.8. The number of carbonyl (C=O) groups is 8. The lowest BCUT2D eigenvalue weighted by atomic mass is 10.0. The Morgan fingerprint density at radius 3 is 2.22 bits per heavy atom. The molecule has 1 unspecified atom stereocenters. The van der Waals surface area contributed by atoms with Gasteiger partial charge in [0.1, 0.15) is 34.2 Å². The number of hydrogen-bond donors (Lipinski definition) is 7. The van der Waals surface area contributed by atoms with Crippen LogP contribution < -0.4 is 27.5 Å². The Kier molecular flexibility index (Phi) is 12.4. The molecule has 0 saturated carbocycles. The number of esters is 1. The third-order valence-corrected chi connectivity index (χ3v) is 16.0. The highest BCUT2D eigenvalue weighted by molar-refractivity contribution is 8.00. The van der Waals surface area contributed by atoms with Crippen LogP contribution in [0.15, 0.2) is 58.1 Å². The van der Waals surface area contributed by atoms with E-state index in [1.54, 1.807) is 4.90 Å². The average molecular weight is 1070 g/mol. The summed E-state index contributed by atoms with van der Waals surface area (Å²) < 4.78 is 28.3. The van der Waals surface area contributed by atoms with Crippen LogP contribution in [-0.2, 0) is 49.6 Å². The van der Waals surface area contributed by atoms with E-state index in [1.165, 1.54) is 29.7 Å². The van der Waals surface area contributed by atoms with Crippen molar-refractivity contribution < 1.29 is 72.2 Å². The van der Waals surface area contributed by atoms with Gasteiger partial charge in [-0.05, 0) is 31.4 Å². The number of aliphatic carboxylic acids is 1. The number of ether oxygens (including phenoxy) is 2. The minimum atomic E-state index is -1.45. The van der Waals surface area contributed by atoms with E-state index in [9.17, 15) is 58.7 Å². The van der Waals surface area contributed by atoms with Crippen LogP contribution in [0.25, 0.3) is 0 Å². The number of fused-ring (bicyclic) bond motifs is 3. The van der Waals surface area contributed by atoms with Crippen molar-refractivity contribution in [2.24, 2.45) is 10.3 Å². The number of oxime groups is 2. The molecule has 3 aromatic heterocycles. The zero-order valence-electron chi connectivity index (χ0n) is 36.5. The Balaban J connectivity index is 0.739. The monoisotopic (exact) mass is 1070 g/mol. The highest BCUT2D eigenvalue weighted by atomic mass is 32.2. The van der Waals surface area contributed by atoms with Crippen LogP contribution in [0.5, 0.6) is 0 Å². The minimum Gasteiger partial charge on any atom is -0.477 e. The highest BCUT2D eigenvalue weighted by Crippen LogP contribution is 2.45. The quantitative estimate of drug-likeness (QED) is 0.0246. The lowest BCUT2D eigenvalue weighted by molar-refractivity contribution is -0.151. The molecule has 0 aliphatic carbocycles. The van der Waals surface area contributed by atoms with Gasteiger partial charge in [0.2, 0.25) is 40.3 Å². The molecule has 0 aromatic carbocycles. The third kappa shape index (κ3) is 8.32. The first-order valence-corrected chi connectivity index (χ1v) is 24.8. The molecule has 376 valence electrons. The number of carboxylic acids is 1. The number of likely N-dealkylation sites (tertiary alicyclic amines) is 2. The molecular weight excluding hydrogens is 1040 g/mol. The number of β-lactam (4-membered cyclic amide) rings is 2. The topological polar surface area (TPSA) is 410 Å². The summed E-state index contributed by atoms with van der Waals surface area (Å²) in [5.41, 5.74) is 4.69. The number of anilines is 2. The van der Waals surface area contributed by atoms with Gasteiger partial charge >= 0.3 is 23.9 Å². The highest BCUT2D eigenvalue weighted by Gasteiger charge is 2.58. The fraction of sp³-hybridized carbons (Fsp3) is 0.395. The molecule has 4 fully saturated rings. The van der Waals surface area contributed by atoms with Gasteiger partial charge in [-0.15, -0.1) is 23.5 Å². The van der Waals surface area contributed by atoms with Crippen molar-refractivity contribution in [1.82, 2.24) is 48.9 Å². The summed E-state index contributed by atoms with van der Waals surface area (Å²) >= 11 is 3.78. The number of hydrogen-bond acceptors (Lipinski definition) is 27. The predicted molar refractivity (Wildman–Crippen MR) is 243 cm³/mol. The van der Waals surface area contributed by atoms with Crippen LogP contribution in [-0.4, -0.2) is 179 Å². The van der Waals surface area contributed by atoms with E-state index < -0.39 is 93.8 Å². The number of cyclic esters (lactones) is 1. The second-order valence-electron chi connectivity index (χ2n) is 16.3. The van der Waals surface area contributed by atoms with Crippen LogP contribution in [0, 0.1) is 6.92 Å². The summed E-state index contributed by atoms with van der Waals surface area (Å²) in [5.74, 6) is -7.28. The van der Waals surface area contributed by atoms with Crippen molar-refractivity contribution in [1.29, 1.82) is 0 Å². The Hall–Kier alpha value is -7.85. The second-order valence-corrected chi connectivity index (χ2v) is 20.0. The van der Waals surface area contributed by atoms with E-state index in [0.29, 0.717) is 42.2 Å². The molecular formula is C38H34N14O16S4. The molecule has 8 N–H and O–H groups in total. The van der Waals surface area contributed by atoms with Gasteiger partial charge in [-0.25, -0.2) is 19.2 Å². The molecule has 7 aliphatic rings. The van der Waals surface area contributed by atoms with Gasteiger partial charge in [0.15, 0.2) is 23.3 Å². The number of rotatable bonds is 13. The molecule has 10 heterocycles. The first-order chi connectivity index (χ1) is 34.5. The van der Waals surface area contributed by atoms with Gasteiger partial charge in [0.25, 0.3) is 23.6 Å². The number of carboxylic acid groups (broad SMARTS) is 1. The number of thioether (sulfide) groups is 2. The number of carbonyl (C=O) groups excluding carboxylic acids is 7. The molecule has 3 aromatic rings. The number of nitrogens with zero attached hydrogens (tertiary/aromatic N) is 10. The van der Waals surface area contributed by atoms with Crippen molar-refractivity contribution in [3.05, 3.63) is 68.0 Å². The van der Waals surface area contributed by atoms with Crippen LogP contribution in [0.3, 0.4) is 0 Å². The molecule has 34 heteroatoms. The Labute approximate surface area is 417 Å². The largest absolute Gasteiger partial charge is 0.519 e. The zero-order chi connectivity index (χ0) is 50.9. The van der Waals surface area contributed by atoms with Gasteiger partial charge < -0.3 is 65.3 Å². The maximum Gasteiger partial charge on any atom is 0.519 e. The number of aromatic nitrogens is 4. The van der Waals surface area contributed by atoms with Crippen molar-refractivity contribution >= 4 is 116 Å². The van der Waals surface area contributed by atoms with Crippen molar-refractivity contribution in [2.75, 3.05) is 42.2 Å². The number of nitrogen functional groups attached to an aromatic ring is 1. The molecule has 72 heavy (non-hydrogen) atoms. The Bertz CT molecular complexity index is 3120. The number of aryl methyl sites for hydroxylation is 1. The number of allylic oxidation sites excluding steroid dienone is 1. The van der Waals surface area contributed by atoms with E-state index in [2.05, 4.69) is 45.0 Å². The summed E-state index contributed by atoms with van der Waals surface area (Å²) in [6, 6.07) is -2.74. The number of amides is 6. The molecule has 30 nitrogen and oxygen atoms in total. The van der Waals surface area contributed by atoms with Crippen LogP contribution in [0.1, 0.15) is 36.0 Å². The van der Waals surface area contributed by atoms with Gasteiger partial charge in [0.05, 0.1) is 6.04 Å². The van der Waals surface area contributed by atoms with E-state index in [1.807, 2.05) is 0 Å². The van der Waals surface area contributed by atoms with Gasteiger partial charge in [-0.2, -0.15) is 18.7 Å². The van der Waals surface area contributed by atoms with E-state index in [0.717, 1.165) is 33.1 Å². The van der Waals surface area contributed by atoms with Gasteiger partial charge in [-0.1, -0.05) is 10.3 Å². The standard InChI is InChI=1S/C38H34N14O16S4/c1-11-16(67-38(62)66-11)8-65-37(61)49-4-3-14(7-49)50-5-2-12(28(50)55)6-13-9-69-31-19(29(56)51(31)21(13)33(58)59)40-26(54)18(46-64)24-43-36(72-48-24)44-27-15-10-70-32-20(30(57)52(32)22(15)34(60)68-27)41-25(53)17(45-63)23-42-35(39)71-47-23/h6,14,19-20,27,31-32,63-64H,2-5,7-10H2,1H3,(H,40,54)(H,41,53)(H,58,59)(H2,39,42,47)(H,43,44,48)/b12-6+,45-17-,46-18-/t14-,19+,20+,27?,31+,32+/m0/s1. The summed E-state index contributed by atoms with van der Waals surface area (Å²) in [7, 11) is 0. The predicted octanol–water partition coefficient (Wildman–Crippen LogP) is -1.86. The van der Waals surface area contributed by atoms with E-state index in [-0.39, 0.29) is 87.6 Å². The second kappa shape index (κ2) is 18.7. The first-order valence-electron chi connectivity index (χ1n) is 21.1. The van der Waals surface area contributed by atoms with Crippen molar-refractivity contribution in [3.63, 3.8) is 0 Å². The molecule has 0 radical (unpaired) electrons. The van der Waals surface area contributed by atoms with E-state index >= 15 is 0 Å². The molecule has 6 atom stereocenters. The van der Waals surface area contributed by atoms with Gasteiger partial charge in [-0.3, -0.25) is 33.8 Å². The lowest BCUT2D eigenvalue weighted by Crippen LogP contribution is -2.71. The van der Waals surface area contributed by atoms with Crippen LogP contribution in [0.4, 0.5) is 15.1 Å². The summed E-state index contributed by atoms with van der Waals surface area (Å²) in [6.45, 7) is 1.94. The SMILES string of the molecule is Cc1oc(=O)oc1COC(=O)N1CC[C@H](N2CC/C(=C\C3=C(C(=O)O)N4C(=O)[C@@H](NC(=O)/C(=N\O)c5nsc(NC6OC(=O)C7=C6CS[C@@H]6[C@H](NC(=O)/C(=N\O)c8nsc(N)n8)C(=O)N76)n5)[C@H]4SC3)C2=O)C1. The molecule has 7 aliphatic heterocycles. The number of nitrogens with one attached hydrogen (secondary N) is 3. The lowest BCUT2D eigenvalue weighted by Gasteiger charge is -2.49. The van der Waals surface area contributed by atoms with Crippen molar-refractivity contribution in [3.8, 4) is 0 Å². The molecule has 0 spiro atoms. The van der Waals surface area contributed by atoms with E-state index in [4.69, 9.17) is 24.0 Å². The Morgan fingerprint density at radius 1 is 0.903 bits per heavy atom. The smallest absolute Gasteiger partial charge is 0.477 e. The maximum absolute atomic E-state index is 13.6. The van der Waals surface area contributed by atoms with Crippen LogP contribution in [0.2, 0.25) is 0 Å². The molecule has 4 saturated heterocycles. The minimum absolute atomic E-state index is 0.0131. The van der Waals surface area contributed by atoms with Crippen LogP contribution >= 0.6 is 46.6 Å². The molecule has 10 rings (SSSR count). The fourth-order valence-corrected chi connectivity index (χ4v) is 12.5.